The number of benzene rings is 3. The number of anilines is 1. The summed E-state index contributed by atoms with van der Waals surface area (Å²) in [5.41, 5.74) is 1.49. The second-order valence-electron chi connectivity index (χ2n) is 5.31. The minimum atomic E-state index is -3.74. The number of nitrogens with one attached hydrogen (secondary N) is 1. The molecular formula is C19H16FNO3S. The Balaban J connectivity index is 2.01. The summed E-state index contributed by atoms with van der Waals surface area (Å²) in [5.74, 6) is -0.383. The van der Waals surface area contributed by atoms with Crippen LogP contribution in [0.3, 0.4) is 0 Å². The van der Waals surface area contributed by atoms with Crippen LogP contribution in [0.2, 0.25) is 0 Å². The van der Waals surface area contributed by atoms with Crippen LogP contribution in [0.15, 0.2) is 77.7 Å². The van der Waals surface area contributed by atoms with E-state index in [-0.39, 0.29) is 10.6 Å². The topological polar surface area (TPSA) is 55.4 Å². The molecule has 25 heavy (non-hydrogen) atoms. The Morgan fingerprint density at radius 3 is 2.28 bits per heavy atom. The number of sulfonamides is 1. The van der Waals surface area contributed by atoms with Gasteiger partial charge in [-0.2, -0.15) is 0 Å². The number of methoxy groups -OCH3 is 1. The molecule has 0 spiro atoms. The van der Waals surface area contributed by atoms with E-state index in [1.807, 2.05) is 0 Å². The van der Waals surface area contributed by atoms with Crippen LogP contribution >= 0.6 is 0 Å². The Morgan fingerprint density at radius 1 is 0.920 bits per heavy atom. The van der Waals surface area contributed by atoms with Gasteiger partial charge >= 0.3 is 0 Å². The molecule has 0 aliphatic rings. The second kappa shape index (κ2) is 6.94. The van der Waals surface area contributed by atoms with Crippen molar-refractivity contribution in [2.24, 2.45) is 0 Å². The summed E-state index contributed by atoms with van der Waals surface area (Å²) in [6, 6.07) is 19.4. The highest BCUT2D eigenvalue weighted by Crippen LogP contribution is 2.32. The largest absolute Gasteiger partial charge is 0.494 e. The van der Waals surface area contributed by atoms with Crippen LogP contribution in [0.5, 0.6) is 5.75 Å². The molecule has 0 aliphatic heterocycles. The Labute approximate surface area is 146 Å². The first-order valence-corrected chi connectivity index (χ1v) is 9.00. The van der Waals surface area contributed by atoms with Crippen molar-refractivity contribution in [1.29, 1.82) is 0 Å². The van der Waals surface area contributed by atoms with Gasteiger partial charge in [0.25, 0.3) is 10.0 Å². The molecule has 0 bridgehead atoms. The number of rotatable bonds is 5. The van der Waals surface area contributed by atoms with Gasteiger partial charge in [-0.25, -0.2) is 12.8 Å². The van der Waals surface area contributed by atoms with Gasteiger partial charge in [0.1, 0.15) is 0 Å². The van der Waals surface area contributed by atoms with E-state index in [1.165, 1.54) is 31.4 Å². The molecule has 0 amide bonds. The quantitative estimate of drug-likeness (QED) is 0.741. The summed E-state index contributed by atoms with van der Waals surface area (Å²) >= 11 is 0. The number of para-hydroxylation sites is 1. The first-order valence-electron chi connectivity index (χ1n) is 7.52. The normalized spacial score (nSPS) is 11.1. The minimum Gasteiger partial charge on any atom is -0.494 e. The lowest BCUT2D eigenvalue weighted by atomic mass is 10.0. The average Bonchev–Trinajstić information content (AvgIpc) is 2.62. The standard InChI is InChI=1S/C19H16FNO3S/c1-24-19-12-11-14(13-17(19)20)16-9-5-6-10-18(16)21-25(22,23)15-7-3-2-4-8-15/h2-13,21H,1H3. The fraction of sp³-hybridized carbons (Fsp3) is 0.0526. The first kappa shape index (κ1) is 17.0. The molecule has 3 aromatic rings. The third kappa shape index (κ3) is 3.64. The van der Waals surface area contributed by atoms with Gasteiger partial charge in [0.05, 0.1) is 17.7 Å². The minimum absolute atomic E-state index is 0.131. The lowest BCUT2D eigenvalue weighted by molar-refractivity contribution is 0.386. The highest BCUT2D eigenvalue weighted by Gasteiger charge is 2.16. The van der Waals surface area contributed by atoms with E-state index in [9.17, 15) is 12.8 Å². The Morgan fingerprint density at radius 2 is 1.60 bits per heavy atom. The van der Waals surface area contributed by atoms with Gasteiger partial charge in [0.15, 0.2) is 11.6 Å². The molecular weight excluding hydrogens is 341 g/mol. The van der Waals surface area contributed by atoms with Gasteiger partial charge in [-0.15, -0.1) is 0 Å². The van der Waals surface area contributed by atoms with E-state index in [0.717, 1.165) is 0 Å². The highest BCUT2D eigenvalue weighted by atomic mass is 32.2. The third-order valence-electron chi connectivity index (χ3n) is 3.69. The van der Waals surface area contributed by atoms with Gasteiger partial charge in [-0.1, -0.05) is 42.5 Å². The van der Waals surface area contributed by atoms with Crippen molar-refractivity contribution < 1.29 is 17.5 Å². The van der Waals surface area contributed by atoms with Crippen LogP contribution in [-0.2, 0) is 10.0 Å². The second-order valence-corrected chi connectivity index (χ2v) is 7.00. The van der Waals surface area contributed by atoms with Crippen molar-refractivity contribution in [3.8, 4) is 16.9 Å². The maximum Gasteiger partial charge on any atom is 0.261 e. The zero-order chi connectivity index (χ0) is 17.9. The molecule has 128 valence electrons. The van der Waals surface area contributed by atoms with Crippen molar-refractivity contribution in [1.82, 2.24) is 0 Å². The number of hydrogen-bond donors (Lipinski definition) is 1. The maximum absolute atomic E-state index is 14.0. The zero-order valence-corrected chi connectivity index (χ0v) is 14.3. The van der Waals surface area contributed by atoms with Crippen LogP contribution in [0.4, 0.5) is 10.1 Å². The molecule has 0 radical (unpaired) electrons. The van der Waals surface area contributed by atoms with Crippen LogP contribution in [0, 0.1) is 5.82 Å². The van der Waals surface area contributed by atoms with Crippen molar-refractivity contribution >= 4 is 15.7 Å². The number of halogens is 1. The van der Waals surface area contributed by atoms with Gasteiger partial charge < -0.3 is 4.74 Å². The fourth-order valence-electron chi connectivity index (χ4n) is 2.46. The summed E-state index contributed by atoms with van der Waals surface area (Å²) in [5, 5.41) is 0. The molecule has 0 aromatic heterocycles. The highest BCUT2D eigenvalue weighted by molar-refractivity contribution is 7.92. The maximum atomic E-state index is 14.0. The Hall–Kier alpha value is -2.86. The van der Waals surface area contributed by atoms with E-state index in [1.54, 1.807) is 48.5 Å². The predicted molar refractivity (Wildman–Crippen MR) is 95.6 cm³/mol. The molecule has 0 saturated carbocycles. The molecule has 1 N–H and O–H groups in total. The average molecular weight is 357 g/mol. The molecule has 0 fully saturated rings. The van der Waals surface area contributed by atoms with Gasteiger partial charge in [-0.3, -0.25) is 4.72 Å². The molecule has 0 saturated heterocycles. The molecule has 0 unspecified atom stereocenters. The SMILES string of the molecule is COc1ccc(-c2ccccc2NS(=O)(=O)c2ccccc2)cc1F. The molecule has 6 heteroatoms. The first-order chi connectivity index (χ1) is 12.0. The molecule has 0 aliphatic carbocycles. The van der Waals surface area contributed by atoms with Crippen molar-refractivity contribution in [2.45, 2.75) is 4.90 Å². The van der Waals surface area contributed by atoms with Crippen LogP contribution < -0.4 is 9.46 Å². The summed E-state index contributed by atoms with van der Waals surface area (Å²) in [7, 11) is -2.35. The predicted octanol–water partition coefficient (Wildman–Crippen LogP) is 4.30. The fourth-order valence-corrected chi connectivity index (χ4v) is 3.56. The summed E-state index contributed by atoms with van der Waals surface area (Å²) < 4.78 is 46.6. The lowest BCUT2D eigenvalue weighted by Gasteiger charge is -2.13. The van der Waals surface area contributed by atoms with E-state index < -0.39 is 15.8 Å². The molecule has 4 nitrogen and oxygen atoms in total. The monoisotopic (exact) mass is 357 g/mol. The van der Waals surface area contributed by atoms with Crippen LogP contribution in [-0.4, -0.2) is 15.5 Å². The molecule has 3 rings (SSSR count). The Kier molecular flexibility index (Phi) is 4.72. The van der Waals surface area contributed by atoms with Crippen molar-refractivity contribution in [3.63, 3.8) is 0 Å². The van der Waals surface area contributed by atoms with Crippen LogP contribution in [0.25, 0.3) is 11.1 Å². The summed E-state index contributed by atoms with van der Waals surface area (Å²) in [4.78, 5) is 0.158. The van der Waals surface area contributed by atoms with Crippen LogP contribution in [0.1, 0.15) is 0 Å². The molecule has 3 aromatic carbocycles. The van der Waals surface area contributed by atoms with Gasteiger partial charge in [0.2, 0.25) is 0 Å². The lowest BCUT2D eigenvalue weighted by Crippen LogP contribution is -2.13. The van der Waals surface area contributed by atoms with E-state index in [2.05, 4.69) is 4.72 Å². The van der Waals surface area contributed by atoms with E-state index in [4.69, 9.17) is 4.74 Å². The van der Waals surface area contributed by atoms with E-state index in [0.29, 0.717) is 16.8 Å². The number of hydrogen-bond acceptors (Lipinski definition) is 3. The Bertz CT molecular complexity index is 989. The number of ether oxygens (including phenoxy) is 1. The van der Waals surface area contributed by atoms with Crippen molar-refractivity contribution in [2.75, 3.05) is 11.8 Å². The smallest absolute Gasteiger partial charge is 0.261 e. The molecule has 0 atom stereocenters. The van der Waals surface area contributed by atoms with E-state index >= 15 is 0 Å². The van der Waals surface area contributed by atoms with Crippen molar-refractivity contribution in [3.05, 3.63) is 78.6 Å². The van der Waals surface area contributed by atoms with Gasteiger partial charge in [0, 0.05) is 5.56 Å². The zero-order valence-electron chi connectivity index (χ0n) is 13.4. The molecule has 0 heterocycles. The summed E-state index contributed by atoms with van der Waals surface area (Å²) in [6.45, 7) is 0. The summed E-state index contributed by atoms with van der Waals surface area (Å²) in [6.07, 6.45) is 0. The third-order valence-corrected chi connectivity index (χ3v) is 5.07. The van der Waals surface area contributed by atoms with Gasteiger partial charge in [-0.05, 0) is 35.9 Å².